The lowest BCUT2D eigenvalue weighted by Crippen LogP contribution is -2.31. The van der Waals surface area contributed by atoms with E-state index in [0.29, 0.717) is 12.5 Å². The molecule has 1 aliphatic carbocycles. The van der Waals surface area contributed by atoms with Crippen LogP contribution in [0.25, 0.3) is 10.9 Å². The number of rotatable bonds is 4. The predicted molar refractivity (Wildman–Crippen MR) is 93.9 cm³/mol. The van der Waals surface area contributed by atoms with Gasteiger partial charge in [-0.05, 0) is 36.8 Å². The lowest BCUT2D eigenvalue weighted by Gasteiger charge is -2.24. The van der Waals surface area contributed by atoms with Crippen LogP contribution in [0.4, 0.5) is 0 Å². The monoisotopic (exact) mass is 325 g/mol. The second kappa shape index (κ2) is 6.99. The number of para-hydroxylation sites is 1. The number of aryl methyl sites for hydroxylation is 1. The highest BCUT2D eigenvalue weighted by molar-refractivity contribution is 6.07. The van der Waals surface area contributed by atoms with Gasteiger partial charge >= 0.3 is 0 Å². The highest BCUT2D eigenvalue weighted by Gasteiger charge is 2.25. The minimum absolute atomic E-state index is 0.0782. The molecule has 0 bridgehead atoms. The summed E-state index contributed by atoms with van der Waals surface area (Å²) in [5.41, 5.74) is 3.72. The molecule has 0 saturated carbocycles. The zero-order valence-corrected chi connectivity index (χ0v) is 14.2. The van der Waals surface area contributed by atoms with E-state index in [1.807, 2.05) is 24.3 Å². The molecule has 1 aliphatic rings. The molecule has 2 N–H and O–H groups in total. The van der Waals surface area contributed by atoms with Gasteiger partial charge in [-0.25, -0.2) is 0 Å². The number of carbonyl (C=O) groups excluding carboxylic acids is 2. The minimum atomic E-state index is -0.108. The maximum atomic E-state index is 12.8. The predicted octanol–water partition coefficient (Wildman–Crippen LogP) is 2.23. The van der Waals surface area contributed by atoms with Crippen molar-refractivity contribution in [3.63, 3.8) is 0 Å². The Morgan fingerprint density at radius 3 is 2.88 bits per heavy atom. The van der Waals surface area contributed by atoms with Crippen molar-refractivity contribution in [1.29, 1.82) is 0 Å². The second-order valence-electron chi connectivity index (χ2n) is 6.46. The Morgan fingerprint density at radius 2 is 2.08 bits per heavy atom. The Bertz CT molecular complexity index is 786. The highest BCUT2D eigenvalue weighted by atomic mass is 16.2. The van der Waals surface area contributed by atoms with Crippen LogP contribution in [0.15, 0.2) is 24.3 Å². The summed E-state index contributed by atoms with van der Waals surface area (Å²) in [6.07, 6.45) is 3.19. The van der Waals surface area contributed by atoms with E-state index in [4.69, 9.17) is 4.98 Å². The smallest absolute Gasteiger partial charge is 0.252 e. The number of fused-ring (bicyclic) bond motifs is 2. The number of hydrogen-bond acceptors (Lipinski definition) is 3. The lowest BCUT2D eigenvalue weighted by atomic mass is 9.84. The van der Waals surface area contributed by atoms with Crippen molar-refractivity contribution in [3.05, 3.63) is 41.1 Å². The average molecular weight is 325 g/mol. The van der Waals surface area contributed by atoms with Gasteiger partial charge in [-0.15, -0.1) is 0 Å². The second-order valence-corrected chi connectivity index (χ2v) is 6.46. The third kappa shape index (κ3) is 3.25. The third-order valence-corrected chi connectivity index (χ3v) is 4.65. The van der Waals surface area contributed by atoms with Crippen LogP contribution >= 0.6 is 0 Å². The van der Waals surface area contributed by atoms with Crippen molar-refractivity contribution >= 4 is 22.7 Å². The number of pyridine rings is 1. The van der Waals surface area contributed by atoms with E-state index < -0.39 is 0 Å². The molecule has 5 nitrogen and oxygen atoms in total. The summed E-state index contributed by atoms with van der Waals surface area (Å²) in [4.78, 5) is 29.0. The molecule has 1 aromatic heterocycles. The SMILES string of the molecule is CNC(=O)CCNC(=O)c1c2c(nc3ccccc13)CCC(C)C2. The number of benzene rings is 1. The van der Waals surface area contributed by atoms with Crippen molar-refractivity contribution in [1.82, 2.24) is 15.6 Å². The summed E-state index contributed by atoms with van der Waals surface area (Å²) in [7, 11) is 1.60. The Hall–Kier alpha value is -2.43. The number of carbonyl (C=O) groups is 2. The zero-order valence-electron chi connectivity index (χ0n) is 14.2. The molecule has 1 heterocycles. The molecule has 1 aromatic carbocycles. The number of nitrogens with one attached hydrogen (secondary N) is 2. The maximum Gasteiger partial charge on any atom is 0.252 e. The minimum Gasteiger partial charge on any atom is -0.359 e. The van der Waals surface area contributed by atoms with Crippen molar-refractivity contribution < 1.29 is 9.59 Å². The molecule has 126 valence electrons. The number of aromatic nitrogens is 1. The number of hydrogen-bond donors (Lipinski definition) is 2. The highest BCUT2D eigenvalue weighted by Crippen LogP contribution is 2.31. The molecule has 0 aliphatic heterocycles. The fourth-order valence-electron chi connectivity index (χ4n) is 3.32. The fourth-order valence-corrected chi connectivity index (χ4v) is 3.32. The van der Waals surface area contributed by atoms with Crippen molar-refractivity contribution in [2.45, 2.75) is 32.6 Å². The molecular formula is C19H23N3O2. The van der Waals surface area contributed by atoms with Gasteiger partial charge in [-0.2, -0.15) is 0 Å². The van der Waals surface area contributed by atoms with E-state index in [9.17, 15) is 9.59 Å². The molecule has 2 amide bonds. The molecule has 2 aromatic rings. The Morgan fingerprint density at radius 1 is 1.29 bits per heavy atom. The van der Waals surface area contributed by atoms with Crippen LogP contribution in [0, 0.1) is 5.92 Å². The molecule has 3 rings (SSSR count). The standard InChI is InChI=1S/C19H23N3O2/c1-12-7-8-16-14(11-12)18(13-5-3-4-6-15(13)22-16)19(24)21-10-9-17(23)20-2/h3-6,12H,7-11H2,1-2H3,(H,20,23)(H,21,24). The average Bonchev–Trinajstić information content (AvgIpc) is 2.59. The van der Waals surface area contributed by atoms with Crippen molar-refractivity contribution in [3.8, 4) is 0 Å². The molecule has 24 heavy (non-hydrogen) atoms. The number of amides is 2. The molecular weight excluding hydrogens is 302 g/mol. The van der Waals surface area contributed by atoms with Gasteiger partial charge in [0.05, 0.1) is 11.1 Å². The largest absolute Gasteiger partial charge is 0.359 e. The summed E-state index contributed by atoms with van der Waals surface area (Å²) in [6, 6.07) is 7.79. The third-order valence-electron chi connectivity index (χ3n) is 4.65. The number of nitrogens with zero attached hydrogens (tertiary/aromatic N) is 1. The molecule has 0 spiro atoms. The van der Waals surface area contributed by atoms with E-state index in [1.54, 1.807) is 7.05 Å². The summed E-state index contributed by atoms with van der Waals surface area (Å²) in [6.45, 7) is 2.55. The van der Waals surface area contributed by atoms with Gasteiger partial charge < -0.3 is 10.6 Å². The van der Waals surface area contributed by atoms with Crippen LogP contribution in [0.3, 0.4) is 0 Å². The van der Waals surface area contributed by atoms with E-state index in [1.165, 1.54) is 0 Å². The van der Waals surface area contributed by atoms with Gasteiger partial charge in [-0.1, -0.05) is 25.1 Å². The van der Waals surface area contributed by atoms with E-state index in [-0.39, 0.29) is 18.2 Å². The summed E-state index contributed by atoms with van der Waals surface area (Å²) in [5.74, 6) is 0.367. The summed E-state index contributed by atoms with van der Waals surface area (Å²) >= 11 is 0. The van der Waals surface area contributed by atoms with Crippen LogP contribution in [-0.2, 0) is 17.6 Å². The van der Waals surface area contributed by atoms with Crippen LogP contribution in [-0.4, -0.2) is 30.4 Å². The first kappa shape index (κ1) is 16.4. The summed E-state index contributed by atoms with van der Waals surface area (Å²) < 4.78 is 0. The molecule has 0 radical (unpaired) electrons. The zero-order chi connectivity index (χ0) is 17.1. The van der Waals surface area contributed by atoms with Gasteiger partial charge in [0.25, 0.3) is 5.91 Å². The van der Waals surface area contributed by atoms with Crippen LogP contribution in [0.5, 0.6) is 0 Å². The van der Waals surface area contributed by atoms with E-state index in [0.717, 1.165) is 47.0 Å². The molecule has 1 unspecified atom stereocenters. The lowest BCUT2D eigenvalue weighted by molar-refractivity contribution is -0.120. The first-order valence-corrected chi connectivity index (χ1v) is 8.49. The molecule has 0 saturated heterocycles. The van der Waals surface area contributed by atoms with Crippen LogP contribution in [0.2, 0.25) is 0 Å². The summed E-state index contributed by atoms with van der Waals surface area (Å²) in [5, 5.41) is 6.35. The van der Waals surface area contributed by atoms with E-state index >= 15 is 0 Å². The molecule has 1 atom stereocenters. The van der Waals surface area contributed by atoms with Crippen molar-refractivity contribution in [2.24, 2.45) is 5.92 Å². The quantitative estimate of drug-likeness (QED) is 0.905. The topological polar surface area (TPSA) is 71.1 Å². The van der Waals surface area contributed by atoms with Gasteiger partial charge in [0.1, 0.15) is 0 Å². The Labute approximate surface area is 141 Å². The Balaban J connectivity index is 1.97. The van der Waals surface area contributed by atoms with Crippen LogP contribution < -0.4 is 10.6 Å². The maximum absolute atomic E-state index is 12.8. The van der Waals surface area contributed by atoms with Gasteiger partial charge in [0, 0.05) is 31.1 Å². The van der Waals surface area contributed by atoms with Gasteiger partial charge in [0.2, 0.25) is 5.91 Å². The molecule has 5 heteroatoms. The fraction of sp³-hybridized carbons (Fsp3) is 0.421. The molecule has 0 fully saturated rings. The van der Waals surface area contributed by atoms with Gasteiger partial charge in [0.15, 0.2) is 0 Å². The normalized spacial score (nSPS) is 16.5. The van der Waals surface area contributed by atoms with Crippen LogP contribution in [0.1, 0.15) is 41.4 Å². The van der Waals surface area contributed by atoms with E-state index in [2.05, 4.69) is 17.6 Å². The van der Waals surface area contributed by atoms with Gasteiger partial charge in [-0.3, -0.25) is 14.6 Å². The van der Waals surface area contributed by atoms with Crippen molar-refractivity contribution in [2.75, 3.05) is 13.6 Å². The first-order valence-electron chi connectivity index (χ1n) is 8.49. The first-order chi connectivity index (χ1) is 11.6. The Kier molecular flexibility index (Phi) is 4.79.